The van der Waals surface area contributed by atoms with E-state index in [1.54, 1.807) is 0 Å². The zero-order valence-corrected chi connectivity index (χ0v) is 22.1. The molecule has 0 bridgehead atoms. The lowest BCUT2D eigenvalue weighted by molar-refractivity contribution is -0.398. The molecular weight excluding hydrogens is 735 g/mol. The van der Waals surface area contributed by atoms with Gasteiger partial charge in [0.05, 0.1) is 0 Å². The molecule has 1 rings (SSSR count). The Morgan fingerprint density at radius 1 is 0.617 bits per heavy atom. The van der Waals surface area contributed by atoms with Gasteiger partial charge in [0.1, 0.15) is 45.4 Å². The molecule has 1 fully saturated rings. The van der Waals surface area contributed by atoms with E-state index in [0.29, 0.717) is 0 Å². The van der Waals surface area contributed by atoms with Crippen LogP contribution in [0, 0.1) is 0 Å². The van der Waals surface area contributed by atoms with Crippen LogP contribution in [-0.2, 0) is 28.5 Å². The third-order valence-electron chi connectivity index (χ3n) is 5.25. The van der Waals surface area contributed by atoms with Gasteiger partial charge in [-0.1, -0.05) is 0 Å². The smallest absolute Gasteiger partial charge is 0.396 e. The quantitative estimate of drug-likeness (QED) is 0.106. The molecule has 47 heavy (non-hydrogen) atoms. The van der Waals surface area contributed by atoms with Crippen molar-refractivity contribution in [2.24, 2.45) is 0 Å². The lowest BCUT2D eigenvalue weighted by Gasteiger charge is -2.36. The fourth-order valence-electron chi connectivity index (χ4n) is 2.98. The predicted molar refractivity (Wildman–Crippen MR) is 103 cm³/mol. The molecule has 0 aliphatic heterocycles. The molecule has 0 aromatic heterocycles. The number of hydrogen-bond acceptors (Lipinski definition) is 6. The van der Waals surface area contributed by atoms with Crippen molar-refractivity contribution >= 4 is 5.97 Å². The molecule has 0 aromatic carbocycles. The van der Waals surface area contributed by atoms with Crippen LogP contribution in [0.2, 0.25) is 0 Å². The Bertz CT molecular complexity index is 1060. The standard InChI is InChI=1S/C20H17F21O6/c21-11(22,3-15(29,30)46-10(42)18(35,20(39,40)41)45-7-14(27,28)19(36,37)38)5-43-8-17(33,34)47-16(31,32)4-12(23,24)6-44-9-1-2-13(9,25)26/h9H,1-8H2. The van der Waals surface area contributed by atoms with Crippen LogP contribution < -0.4 is 0 Å². The van der Waals surface area contributed by atoms with Crippen LogP contribution in [0.5, 0.6) is 0 Å². The molecule has 1 aliphatic rings. The van der Waals surface area contributed by atoms with Crippen LogP contribution in [0.4, 0.5) is 92.2 Å². The molecule has 0 heterocycles. The summed E-state index contributed by atoms with van der Waals surface area (Å²) in [5, 5.41) is 0. The maximum atomic E-state index is 14.0. The van der Waals surface area contributed by atoms with Crippen LogP contribution in [0.15, 0.2) is 0 Å². The molecule has 6 nitrogen and oxygen atoms in total. The highest BCUT2D eigenvalue weighted by Gasteiger charge is 2.69. The van der Waals surface area contributed by atoms with Crippen molar-refractivity contribution in [3.05, 3.63) is 0 Å². The molecule has 1 saturated carbocycles. The summed E-state index contributed by atoms with van der Waals surface area (Å²) in [6.07, 6.45) is -40.7. The Balaban J connectivity index is 2.78. The summed E-state index contributed by atoms with van der Waals surface area (Å²) in [5.41, 5.74) is 0. The lowest BCUT2D eigenvalue weighted by Crippen LogP contribution is -2.56. The summed E-state index contributed by atoms with van der Waals surface area (Å²) < 4.78 is 292. The fourth-order valence-corrected chi connectivity index (χ4v) is 2.98. The van der Waals surface area contributed by atoms with Gasteiger partial charge in [0.2, 0.25) is 0 Å². The first kappa shape index (κ1) is 42.9. The lowest BCUT2D eigenvalue weighted by atomic mass is 9.91. The fraction of sp³-hybridized carbons (Fsp3) is 0.950. The van der Waals surface area contributed by atoms with E-state index in [0.717, 1.165) is 0 Å². The summed E-state index contributed by atoms with van der Waals surface area (Å²) in [6.45, 7) is -11.4. The second-order valence-electron chi connectivity index (χ2n) is 9.65. The number of esters is 1. The summed E-state index contributed by atoms with van der Waals surface area (Å²) in [6, 6.07) is 0. The number of alkyl halides is 21. The molecule has 0 aromatic rings. The van der Waals surface area contributed by atoms with Gasteiger partial charge in [-0.15, -0.1) is 0 Å². The Morgan fingerprint density at radius 3 is 1.53 bits per heavy atom. The van der Waals surface area contributed by atoms with E-state index < -0.39 is 124 Å². The molecule has 0 amide bonds. The van der Waals surface area contributed by atoms with Gasteiger partial charge in [-0.25, -0.2) is 31.1 Å². The summed E-state index contributed by atoms with van der Waals surface area (Å²) >= 11 is 0. The number of hydrogen-bond donors (Lipinski definition) is 0. The normalized spacial score (nSPS) is 20.1. The van der Waals surface area contributed by atoms with E-state index in [2.05, 4.69) is 23.7 Å². The van der Waals surface area contributed by atoms with Crippen molar-refractivity contribution in [2.75, 3.05) is 26.4 Å². The van der Waals surface area contributed by atoms with Gasteiger partial charge in [0.25, 0.3) is 17.8 Å². The highest BCUT2D eigenvalue weighted by atomic mass is 19.4. The maximum absolute atomic E-state index is 14.0. The summed E-state index contributed by atoms with van der Waals surface area (Å²) in [4.78, 5) is 11.3. The molecule has 0 spiro atoms. The van der Waals surface area contributed by atoms with Crippen molar-refractivity contribution in [3.63, 3.8) is 0 Å². The minimum absolute atomic E-state index is 0.462. The van der Waals surface area contributed by atoms with Gasteiger partial charge in [0.15, 0.2) is 0 Å². The Hall–Kier alpha value is -2.16. The van der Waals surface area contributed by atoms with E-state index in [-0.39, 0.29) is 0 Å². The average molecular weight is 752 g/mol. The largest absolute Gasteiger partial charge is 0.460 e. The molecule has 0 radical (unpaired) electrons. The van der Waals surface area contributed by atoms with Crippen LogP contribution in [0.25, 0.3) is 0 Å². The molecule has 2 atom stereocenters. The topological polar surface area (TPSA) is 63.2 Å². The van der Waals surface area contributed by atoms with Crippen LogP contribution in [0.1, 0.15) is 25.7 Å². The average Bonchev–Trinajstić information content (AvgIpc) is 2.77. The molecule has 1 aliphatic carbocycles. The first-order valence-electron chi connectivity index (χ1n) is 11.7. The number of ether oxygens (including phenoxy) is 5. The monoisotopic (exact) mass is 752 g/mol. The van der Waals surface area contributed by atoms with E-state index in [1.807, 2.05) is 0 Å². The van der Waals surface area contributed by atoms with Crippen molar-refractivity contribution in [1.29, 1.82) is 0 Å². The summed E-state index contributed by atoms with van der Waals surface area (Å²) in [5.74, 6) is -30.9. The first-order valence-corrected chi connectivity index (χ1v) is 11.7. The third-order valence-corrected chi connectivity index (χ3v) is 5.25. The van der Waals surface area contributed by atoms with Gasteiger partial charge in [-0.05, 0) is 6.42 Å². The second-order valence-corrected chi connectivity index (χ2v) is 9.65. The second kappa shape index (κ2) is 13.6. The molecule has 0 N–H and O–H groups in total. The zero-order chi connectivity index (χ0) is 37.3. The van der Waals surface area contributed by atoms with Crippen LogP contribution in [0.3, 0.4) is 0 Å². The van der Waals surface area contributed by atoms with E-state index >= 15 is 0 Å². The highest BCUT2D eigenvalue weighted by Crippen LogP contribution is 2.44. The van der Waals surface area contributed by atoms with Crippen LogP contribution in [-0.4, -0.2) is 98.7 Å². The van der Waals surface area contributed by atoms with Crippen molar-refractivity contribution in [2.45, 2.75) is 92.0 Å². The molecular formula is C20H17F21O6. The molecule has 27 heteroatoms. The number of halogens is 21. The number of carbonyl (C=O) groups excluding carboxylic acids is 1. The Kier molecular flexibility index (Phi) is 12.4. The van der Waals surface area contributed by atoms with Gasteiger partial charge in [-0.3, -0.25) is 4.74 Å². The van der Waals surface area contributed by atoms with E-state index in [1.165, 1.54) is 0 Å². The molecule has 280 valence electrons. The molecule has 0 saturated heterocycles. The summed E-state index contributed by atoms with van der Waals surface area (Å²) in [7, 11) is 0. The van der Waals surface area contributed by atoms with Crippen molar-refractivity contribution in [1.82, 2.24) is 0 Å². The van der Waals surface area contributed by atoms with E-state index in [9.17, 15) is 97.0 Å². The van der Waals surface area contributed by atoms with Gasteiger partial charge in [-0.2, -0.15) is 65.9 Å². The van der Waals surface area contributed by atoms with Gasteiger partial charge in [0, 0.05) is 6.42 Å². The van der Waals surface area contributed by atoms with Gasteiger partial charge < -0.3 is 18.9 Å². The Labute approximate surface area is 246 Å². The van der Waals surface area contributed by atoms with Crippen molar-refractivity contribution in [3.8, 4) is 0 Å². The van der Waals surface area contributed by atoms with Gasteiger partial charge >= 0.3 is 48.4 Å². The Morgan fingerprint density at radius 2 is 1.11 bits per heavy atom. The van der Waals surface area contributed by atoms with Crippen LogP contribution >= 0.6 is 0 Å². The van der Waals surface area contributed by atoms with E-state index in [4.69, 9.17) is 0 Å². The molecule has 2 unspecified atom stereocenters. The highest BCUT2D eigenvalue weighted by molar-refractivity contribution is 5.79. The number of rotatable bonds is 18. The third kappa shape index (κ3) is 12.7. The maximum Gasteiger partial charge on any atom is 0.460 e. The zero-order valence-electron chi connectivity index (χ0n) is 22.1. The minimum Gasteiger partial charge on any atom is -0.396 e. The first-order chi connectivity index (χ1) is 20.5. The van der Waals surface area contributed by atoms with Crippen molar-refractivity contribution < 1.29 is 121 Å². The predicted octanol–water partition coefficient (Wildman–Crippen LogP) is 7.65. The minimum atomic E-state index is -7.07. The number of carbonyl (C=O) groups is 1. The SMILES string of the molecule is O=C(OC(F)(F)CC(F)(F)COCC(F)(F)OC(F)(F)CC(F)(F)COC1CCC1(F)F)C(F)(OCC(F)(F)C(F)(F)F)C(F)(F)F.